The number of hydrogen-bond donors (Lipinski definition) is 0. The van der Waals surface area contributed by atoms with Gasteiger partial charge in [-0.2, -0.15) is 0 Å². The molecule has 1 aliphatic rings. The summed E-state index contributed by atoms with van der Waals surface area (Å²) in [6, 6.07) is 29.1. The van der Waals surface area contributed by atoms with E-state index in [1.807, 2.05) is 30.3 Å². The van der Waals surface area contributed by atoms with E-state index in [0.717, 1.165) is 53.5 Å². The first kappa shape index (κ1) is 22.2. The molecule has 172 valence electrons. The molecule has 0 saturated heterocycles. The second-order valence-corrected chi connectivity index (χ2v) is 8.98. The monoisotopic (exact) mass is 449 g/mol. The van der Waals surface area contributed by atoms with Gasteiger partial charge in [-0.05, 0) is 49.3 Å². The molecule has 0 spiro atoms. The van der Waals surface area contributed by atoms with Crippen LogP contribution in [0.15, 0.2) is 95.4 Å². The van der Waals surface area contributed by atoms with Crippen molar-refractivity contribution < 1.29 is 9.15 Å². The zero-order valence-corrected chi connectivity index (χ0v) is 19.7. The molecule has 0 bridgehead atoms. The molecule has 0 fully saturated rings. The van der Waals surface area contributed by atoms with E-state index >= 15 is 0 Å². The number of ether oxygens (including phenoxy) is 1. The van der Waals surface area contributed by atoms with Crippen molar-refractivity contribution in [2.75, 3.05) is 7.11 Å². The van der Waals surface area contributed by atoms with Crippen LogP contribution in [-0.2, 0) is 6.42 Å². The third kappa shape index (κ3) is 4.99. The van der Waals surface area contributed by atoms with Crippen LogP contribution in [0.2, 0.25) is 0 Å². The molecule has 1 aliphatic carbocycles. The molecular formula is C31H31NO2. The first-order valence-electron chi connectivity index (χ1n) is 12.3. The van der Waals surface area contributed by atoms with Crippen molar-refractivity contribution in [3.05, 3.63) is 102 Å². The van der Waals surface area contributed by atoms with Crippen molar-refractivity contribution in [1.29, 1.82) is 0 Å². The molecule has 34 heavy (non-hydrogen) atoms. The molecule has 0 N–H and O–H groups in total. The Morgan fingerprint density at radius 1 is 0.853 bits per heavy atom. The zero-order valence-electron chi connectivity index (χ0n) is 19.7. The van der Waals surface area contributed by atoms with E-state index in [1.54, 1.807) is 7.11 Å². The summed E-state index contributed by atoms with van der Waals surface area (Å²) < 4.78 is 12.1. The van der Waals surface area contributed by atoms with Gasteiger partial charge >= 0.3 is 0 Å². The SMILES string of the molecule is COc1cccc(CC2CCCCCC=C2c2nc(-c3ccccc3)c(-c3ccccc3)o2)c1. The van der Waals surface area contributed by atoms with Crippen LogP contribution in [0.25, 0.3) is 28.2 Å². The van der Waals surface area contributed by atoms with E-state index in [-0.39, 0.29) is 0 Å². The summed E-state index contributed by atoms with van der Waals surface area (Å²) >= 11 is 0. The predicted octanol–water partition coefficient (Wildman–Crippen LogP) is 8.22. The summed E-state index contributed by atoms with van der Waals surface area (Å²) in [5, 5.41) is 0. The number of methoxy groups -OCH3 is 1. The predicted molar refractivity (Wildman–Crippen MR) is 139 cm³/mol. The van der Waals surface area contributed by atoms with Crippen LogP contribution in [0.3, 0.4) is 0 Å². The number of rotatable bonds is 6. The maximum absolute atomic E-state index is 6.60. The Hall–Kier alpha value is -3.59. The molecule has 0 saturated carbocycles. The Balaban J connectivity index is 1.57. The van der Waals surface area contributed by atoms with E-state index in [1.165, 1.54) is 30.4 Å². The van der Waals surface area contributed by atoms with Crippen molar-refractivity contribution in [3.63, 3.8) is 0 Å². The molecule has 3 aromatic carbocycles. The number of aromatic nitrogens is 1. The number of allylic oxidation sites excluding steroid dienone is 2. The molecule has 4 aromatic rings. The number of oxazole rings is 1. The third-order valence-corrected chi connectivity index (χ3v) is 6.63. The molecule has 3 nitrogen and oxygen atoms in total. The summed E-state index contributed by atoms with van der Waals surface area (Å²) in [6.45, 7) is 0. The molecule has 3 heteroatoms. The van der Waals surface area contributed by atoms with Gasteiger partial charge in [-0.3, -0.25) is 0 Å². The largest absolute Gasteiger partial charge is 0.497 e. The van der Waals surface area contributed by atoms with Gasteiger partial charge in [-0.1, -0.05) is 91.7 Å². The summed E-state index contributed by atoms with van der Waals surface area (Å²) in [5.74, 6) is 2.86. The highest BCUT2D eigenvalue weighted by molar-refractivity contribution is 5.79. The Bertz CT molecular complexity index is 1180. The minimum absolute atomic E-state index is 0.360. The van der Waals surface area contributed by atoms with Crippen LogP contribution >= 0.6 is 0 Å². The normalized spacial score (nSPS) is 16.4. The van der Waals surface area contributed by atoms with E-state index in [4.69, 9.17) is 14.1 Å². The summed E-state index contributed by atoms with van der Waals surface area (Å²) in [4.78, 5) is 5.12. The average Bonchev–Trinajstić information content (AvgIpc) is 3.32. The lowest BCUT2D eigenvalue weighted by Gasteiger charge is -2.21. The molecule has 0 radical (unpaired) electrons. The van der Waals surface area contributed by atoms with Gasteiger partial charge in [0.05, 0.1) is 7.11 Å². The number of nitrogens with zero attached hydrogens (tertiary/aromatic N) is 1. The van der Waals surface area contributed by atoms with Gasteiger partial charge in [0, 0.05) is 16.7 Å². The van der Waals surface area contributed by atoms with Gasteiger partial charge < -0.3 is 9.15 Å². The topological polar surface area (TPSA) is 35.3 Å². The van der Waals surface area contributed by atoms with E-state index < -0.39 is 0 Å². The van der Waals surface area contributed by atoms with Gasteiger partial charge in [-0.25, -0.2) is 4.98 Å². The maximum atomic E-state index is 6.60. The fraction of sp³-hybridized carbons (Fsp3) is 0.258. The average molecular weight is 450 g/mol. The van der Waals surface area contributed by atoms with Gasteiger partial charge in [0.25, 0.3) is 0 Å². The van der Waals surface area contributed by atoms with Crippen molar-refractivity contribution in [2.45, 2.75) is 38.5 Å². The minimum Gasteiger partial charge on any atom is -0.497 e. The Morgan fingerprint density at radius 3 is 2.38 bits per heavy atom. The molecule has 1 unspecified atom stereocenters. The second-order valence-electron chi connectivity index (χ2n) is 8.98. The number of hydrogen-bond acceptors (Lipinski definition) is 3. The molecule has 0 aliphatic heterocycles. The van der Waals surface area contributed by atoms with E-state index in [9.17, 15) is 0 Å². The zero-order chi connectivity index (χ0) is 23.2. The van der Waals surface area contributed by atoms with Crippen LogP contribution in [0.4, 0.5) is 0 Å². The van der Waals surface area contributed by atoms with Crippen LogP contribution in [0.1, 0.15) is 43.6 Å². The van der Waals surface area contributed by atoms with Crippen molar-refractivity contribution >= 4 is 5.57 Å². The molecule has 0 amide bonds. The Morgan fingerprint density at radius 2 is 1.62 bits per heavy atom. The fourth-order valence-corrected chi connectivity index (χ4v) is 4.87. The maximum Gasteiger partial charge on any atom is 0.223 e. The quantitative estimate of drug-likeness (QED) is 0.297. The van der Waals surface area contributed by atoms with Crippen molar-refractivity contribution in [2.24, 2.45) is 5.92 Å². The Kier molecular flexibility index (Phi) is 6.90. The molecule has 5 rings (SSSR count). The van der Waals surface area contributed by atoms with Gasteiger partial charge in [0.15, 0.2) is 5.76 Å². The van der Waals surface area contributed by atoms with Gasteiger partial charge in [-0.15, -0.1) is 0 Å². The lowest BCUT2D eigenvalue weighted by Crippen LogP contribution is -2.10. The summed E-state index contributed by atoms with van der Waals surface area (Å²) in [5.41, 5.74) is 5.56. The van der Waals surface area contributed by atoms with Crippen molar-refractivity contribution in [3.8, 4) is 28.3 Å². The smallest absolute Gasteiger partial charge is 0.223 e. The molecule has 1 atom stereocenters. The van der Waals surface area contributed by atoms with Crippen LogP contribution in [-0.4, -0.2) is 12.1 Å². The molecule has 1 heterocycles. The highest BCUT2D eigenvalue weighted by Crippen LogP contribution is 2.39. The Labute approximate surface area is 202 Å². The lowest BCUT2D eigenvalue weighted by atomic mass is 9.84. The number of benzene rings is 3. The first-order chi connectivity index (χ1) is 16.8. The van der Waals surface area contributed by atoms with Gasteiger partial charge in [0.2, 0.25) is 5.89 Å². The van der Waals surface area contributed by atoms with E-state index in [0.29, 0.717) is 5.92 Å². The highest BCUT2D eigenvalue weighted by Gasteiger charge is 2.25. The van der Waals surface area contributed by atoms with Crippen molar-refractivity contribution in [1.82, 2.24) is 4.98 Å². The molecule has 1 aromatic heterocycles. The van der Waals surface area contributed by atoms with Gasteiger partial charge in [0.1, 0.15) is 11.4 Å². The van der Waals surface area contributed by atoms with Crippen LogP contribution < -0.4 is 4.74 Å². The third-order valence-electron chi connectivity index (χ3n) is 6.63. The minimum atomic E-state index is 0.360. The highest BCUT2D eigenvalue weighted by atomic mass is 16.5. The first-order valence-corrected chi connectivity index (χ1v) is 12.3. The summed E-state index contributed by atoms with van der Waals surface area (Å²) in [6.07, 6.45) is 9.23. The standard InChI is InChI=1S/C31H31NO2/c1-33-27-19-12-13-23(22-27)21-26-18-6-2-3-11-20-28(26)31-32-29(24-14-7-4-8-15-24)30(34-31)25-16-9-5-10-17-25/h4-5,7-10,12-17,19-20,22,26H,2-3,6,11,18,21H2,1H3. The van der Waals surface area contributed by atoms with E-state index in [2.05, 4.69) is 60.7 Å². The summed E-state index contributed by atoms with van der Waals surface area (Å²) in [7, 11) is 1.73. The lowest BCUT2D eigenvalue weighted by molar-refractivity contribution is 0.413. The molecular weight excluding hydrogens is 418 g/mol. The van der Waals surface area contributed by atoms with Crippen LogP contribution in [0, 0.1) is 5.92 Å². The van der Waals surface area contributed by atoms with Crippen LogP contribution in [0.5, 0.6) is 5.75 Å². The fourth-order valence-electron chi connectivity index (χ4n) is 4.87. The second kappa shape index (κ2) is 10.6.